The molecule has 0 fully saturated rings. The zero-order chi connectivity index (χ0) is 14.4. The van der Waals surface area contributed by atoms with E-state index in [2.05, 4.69) is 5.10 Å². The van der Waals surface area contributed by atoms with Crippen molar-refractivity contribution in [2.45, 2.75) is 6.54 Å². The molecule has 0 bridgehead atoms. The number of aryl methyl sites for hydroxylation is 1. The number of ketones is 1. The van der Waals surface area contributed by atoms with Crippen LogP contribution < -0.4 is 0 Å². The van der Waals surface area contributed by atoms with E-state index < -0.39 is 0 Å². The van der Waals surface area contributed by atoms with Crippen LogP contribution in [0.1, 0.15) is 15.9 Å². The highest BCUT2D eigenvalue weighted by atomic mass is 16.3. The van der Waals surface area contributed by atoms with Crippen molar-refractivity contribution in [2.24, 2.45) is 7.05 Å². The summed E-state index contributed by atoms with van der Waals surface area (Å²) in [6.07, 6.45) is 3.28. The lowest BCUT2D eigenvalue weighted by molar-refractivity contribution is 0.0908. The summed E-state index contributed by atoms with van der Waals surface area (Å²) in [5.74, 6) is 0.0162. The van der Waals surface area contributed by atoms with E-state index in [1.54, 1.807) is 24.1 Å². The van der Waals surface area contributed by atoms with Gasteiger partial charge in [-0.25, -0.2) is 0 Å². The highest BCUT2D eigenvalue weighted by Crippen LogP contribution is 2.06. The molecule has 5 nitrogen and oxygen atoms in total. The number of benzene rings is 1. The van der Waals surface area contributed by atoms with Crippen molar-refractivity contribution >= 4 is 5.78 Å². The molecule has 0 saturated carbocycles. The Hall–Kier alpha value is -1.98. The quantitative estimate of drug-likeness (QED) is 0.767. The van der Waals surface area contributed by atoms with Crippen LogP contribution in [-0.4, -0.2) is 45.3 Å². The number of hydrogen-bond donors (Lipinski definition) is 1. The third kappa shape index (κ3) is 4.01. The lowest BCUT2D eigenvalue weighted by Gasteiger charge is -2.20. The van der Waals surface area contributed by atoms with Crippen molar-refractivity contribution in [3.05, 3.63) is 53.9 Å². The summed E-state index contributed by atoms with van der Waals surface area (Å²) in [6, 6.07) is 9.92. The highest BCUT2D eigenvalue weighted by molar-refractivity contribution is 5.97. The van der Waals surface area contributed by atoms with Crippen LogP contribution in [0.25, 0.3) is 0 Å². The molecule has 0 atom stereocenters. The lowest BCUT2D eigenvalue weighted by Crippen LogP contribution is -2.32. The Morgan fingerprint density at radius 1 is 1.35 bits per heavy atom. The van der Waals surface area contributed by atoms with Crippen LogP contribution >= 0.6 is 0 Å². The second-order valence-corrected chi connectivity index (χ2v) is 4.75. The topological polar surface area (TPSA) is 58.4 Å². The molecule has 0 saturated heterocycles. The fourth-order valence-electron chi connectivity index (χ4n) is 2.06. The van der Waals surface area contributed by atoms with Gasteiger partial charge in [-0.15, -0.1) is 0 Å². The number of rotatable bonds is 7. The van der Waals surface area contributed by atoms with E-state index >= 15 is 0 Å². The van der Waals surface area contributed by atoms with Gasteiger partial charge in [-0.05, 0) is 5.56 Å². The number of Topliss-reactive ketones (excluding diaryl/α,β-unsaturated/α-hetero) is 1. The van der Waals surface area contributed by atoms with Gasteiger partial charge in [0.2, 0.25) is 0 Å². The Morgan fingerprint density at radius 3 is 2.70 bits per heavy atom. The molecule has 1 aromatic heterocycles. The molecule has 1 heterocycles. The summed E-state index contributed by atoms with van der Waals surface area (Å²) < 4.78 is 1.61. The van der Waals surface area contributed by atoms with Crippen molar-refractivity contribution in [1.82, 2.24) is 14.7 Å². The maximum absolute atomic E-state index is 12.2. The van der Waals surface area contributed by atoms with Crippen molar-refractivity contribution in [3.8, 4) is 0 Å². The normalized spacial score (nSPS) is 10.9. The molecule has 0 spiro atoms. The minimum absolute atomic E-state index is 0.0162. The van der Waals surface area contributed by atoms with Crippen LogP contribution in [0.4, 0.5) is 0 Å². The Bertz CT molecular complexity index is 551. The van der Waals surface area contributed by atoms with Crippen LogP contribution in [0.2, 0.25) is 0 Å². The zero-order valence-electron chi connectivity index (χ0n) is 11.6. The molecule has 0 radical (unpaired) electrons. The van der Waals surface area contributed by atoms with Gasteiger partial charge in [0.15, 0.2) is 5.78 Å². The number of aliphatic hydroxyl groups is 1. The molecule has 0 aliphatic heterocycles. The van der Waals surface area contributed by atoms with E-state index in [9.17, 15) is 4.79 Å². The molecule has 1 N–H and O–H groups in total. The molecular weight excluding hydrogens is 254 g/mol. The van der Waals surface area contributed by atoms with Gasteiger partial charge in [-0.2, -0.15) is 5.10 Å². The van der Waals surface area contributed by atoms with Gasteiger partial charge in [0.05, 0.1) is 24.9 Å². The minimum atomic E-state index is 0.0162. The van der Waals surface area contributed by atoms with Crippen molar-refractivity contribution in [1.29, 1.82) is 0 Å². The standard InChI is InChI=1S/C15H19N3O2/c1-17-11-14(9-16-17)15(20)12-18(7-8-19)10-13-5-3-2-4-6-13/h2-6,9,11,19H,7-8,10,12H2,1H3. The first-order valence-electron chi connectivity index (χ1n) is 6.58. The average molecular weight is 273 g/mol. The Kier molecular flexibility index (Phi) is 5.03. The monoisotopic (exact) mass is 273 g/mol. The van der Waals surface area contributed by atoms with Gasteiger partial charge in [0, 0.05) is 26.3 Å². The average Bonchev–Trinajstić information content (AvgIpc) is 2.87. The SMILES string of the molecule is Cn1cc(C(=O)CN(CCO)Cc2ccccc2)cn1. The molecule has 106 valence electrons. The van der Waals surface area contributed by atoms with Gasteiger partial charge in [0.25, 0.3) is 0 Å². The van der Waals surface area contributed by atoms with E-state index in [1.807, 2.05) is 35.2 Å². The summed E-state index contributed by atoms with van der Waals surface area (Å²) in [5, 5.41) is 13.1. The van der Waals surface area contributed by atoms with E-state index in [-0.39, 0.29) is 18.9 Å². The molecule has 5 heteroatoms. The number of aromatic nitrogens is 2. The van der Waals surface area contributed by atoms with Gasteiger partial charge >= 0.3 is 0 Å². The lowest BCUT2D eigenvalue weighted by atomic mass is 10.2. The van der Waals surface area contributed by atoms with E-state index in [0.717, 1.165) is 5.56 Å². The predicted octanol–water partition coefficient (Wildman–Crippen LogP) is 1.10. The molecule has 0 unspecified atom stereocenters. The third-order valence-corrected chi connectivity index (χ3v) is 3.06. The number of carbonyl (C=O) groups excluding carboxylic acids is 1. The van der Waals surface area contributed by atoms with Crippen LogP contribution in [0, 0.1) is 0 Å². The molecule has 2 rings (SSSR count). The largest absolute Gasteiger partial charge is 0.395 e. The van der Waals surface area contributed by atoms with Crippen LogP contribution in [0.15, 0.2) is 42.7 Å². The first kappa shape index (κ1) is 14.4. The van der Waals surface area contributed by atoms with Crippen molar-refractivity contribution in [3.63, 3.8) is 0 Å². The number of hydrogen-bond acceptors (Lipinski definition) is 4. The highest BCUT2D eigenvalue weighted by Gasteiger charge is 2.14. The molecule has 0 amide bonds. The summed E-state index contributed by atoms with van der Waals surface area (Å²) >= 11 is 0. The van der Waals surface area contributed by atoms with Gasteiger partial charge in [-0.1, -0.05) is 30.3 Å². The fourth-order valence-corrected chi connectivity index (χ4v) is 2.06. The smallest absolute Gasteiger partial charge is 0.179 e. The second kappa shape index (κ2) is 6.98. The van der Waals surface area contributed by atoms with Gasteiger partial charge in [0.1, 0.15) is 0 Å². The maximum atomic E-state index is 12.2. The second-order valence-electron chi connectivity index (χ2n) is 4.75. The summed E-state index contributed by atoms with van der Waals surface area (Å²) in [7, 11) is 1.78. The third-order valence-electron chi connectivity index (χ3n) is 3.06. The molecule has 0 aliphatic rings. The number of aliphatic hydroxyl groups excluding tert-OH is 1. The molecule has 2 aromatic rings. The predicted molar refractivity (Wildman–Crippen MR) is 76.3 cm³/mol. The van der Waals surface area contributed by atoms with E-state index in [1.165, 1.54) is 0 Å². The van der Waals surface area contributed by atoms with E-state index in [4.69, 9.17) is 5.11 Å². The maximum Gasteiger partial charge on any atom is 0.179 e. The molecule has 1 aromatic carbocycles. The Balaban J connectivity index is 2.00. The Morgan fingerprint density at radius 2 is 2.10 bits per heavy atom. The van der Waals surface area contributed by atoms with Crippen LogP contribution in [-0.2, 0) is 13.6 Å². The zero-order valence-corrected chi connectivity index (χ0v) is 11.6. The first-order valence-corrected chi connectivity index (χ1v) is 6.58. The summed E-state index contributed by atoms with van der Waals surface area (Å²) in [5.41, 5.74) is 1.73. The summed E-state index contributed by atoms with van der Waals surface area (Å²) in [4.78, 5) is 14.1. The van der Waals surface area contributed by atoms with Crippen LogP contribution in [0.5, 0.6) is 0 Å². The number of nitrogens with zero attached hydrogens (tertiary/aromatic N) is 3. The van der Waals surface area contributed by atoms with Crippen molar-refractivity contribution < 1.29 is 9.90 Å². The van der Waals surface area contributed by atoms with Gasteiger partial charge in [-0.3, -0.25) is 14.4 Å². The first-order chi connectivity index (χ1) is 9.69. The molecule has 20 heavy (non-hydrogen) atoms. The fraction of sp³-hybridized carbons (Fsp3) is 0.333. The minimum Gasteiger partial charge on any atom is -0.395 e. The number of carbonyl (C=O) groups is 1. The van der Waals surface area contributed by atoms with Gasteiger partial charge < -0.3 is 5.11 Å². The summed E-state index contributed by atoms with van der Waals surface area (Å²) in [6.45, 7) is 1.43. The van der Waals surface area contributed by atoms with E-state index in [0.29, 0.717) is 18.7 Å². The molecule has 0 aliphatic carbocycles. The molecular formula is C15H19N3O2. The van der Waals surface area contributed by atoms with Crippen molar-refractivity contribution in [2.75, 3.05) is 19.7 Å². The Labute approximate surface area is 118 Å². The van der Waals surface area contributed by atoms with Crippen LogP contribution in [0.3, 0.4) is 0 Å².